The average molecular weight is 438 g/mol. The van der Waals surface area contributed by atoms with Crippen molar-refractivity contribution in [1.29, 1.82) is 0 Å². The third-order valence-corrected chi connectivity index (χ3v) is 6.05. The molecule has 0 unspecified atom stereocenters. The summed E-state index contributed by atoms with van der Waals surface area (Å²) in [6, 6.07) is 1.31. The van der Waals surface area contributed by atoms with E-state index in [1.165, 1.54) is 0 Å². The van der Waals surface area contributed by atoms with Gasteiger partial charge in [0.15, 0.2) is 0 Å². The molecular formula is C19H21F3N6OS. The highest BCUT2D eigenvalue weighted by molar-refractivity contribution is 7.10. The Balaban J connectivity index is 1.70. The van der Waals surface area contributed by atoms with Crippen molar-refractivity contribution in [3.8, 4) is 0 Å². The summed E-state index contributed by atoms with van der Waals surface area (Å²) in [5, 5.41) is 7.93. The second-order valence-electron chi connectivity index (χ2n) is 6.84. The van der Waals surface area contributed by atoms with Crippen molar-refractivity contribution in [2.24, 2.45) is 0 Å². The molecule has 30 heavy (non-hydrogen) atoms. The lowest BCUT2D eigenvalue weighted by Crippen LogP contribution is -2.36. The Bertz CT molecular complexity index is 1040. The minimum absolute atomic E-state index is 0.200. The molecule has 2 N–H and O–H groups in total. The van der Waals surface area contributed by atoms with Gasteiger partial charge < -0.3 is 20.3 Å². The topological polar surface area (TPSA) is 75.2 Å². The van der Waals surface area contributed by atoms with Crippen LogP contribution in [-0.4, -0.2) is 48.3 Å². The molecule has 1 saturated heterocycles. The van der Waals surface area contributed by atoms with Crippen molar-refractivity contribution in [2.75, 3.05) is 48.9 Å². The third-order valence-electron chi connectivity index (χ3n) is 4.89. The van der Waals surface area contributed by atoms with Crippen LogP contribution in [0.1, 0.15) is 29.8 Å². The second-order valence-corrected chi connectivity index (χ2v) is 7.75. The van der Waals surface area contributed by atoms with Crippen LogP contribution in [0.4, 0.5) is 30.8 Å². The first-order chi connectivity index (χ1) is 14.5. The highest BCUT2D eigenvalue weighted by Crippen LogP contribution is 2.35. The van der Waals surface area contributed by atoms with Gasteiger partial charge in [0.2, 0.25) is 5.95 Å². The maximum absolute atomic E-state index is 14.4. The van der Waals surface area contributed by atoms with Gasteiger partial charge in [0.05, 0.1) is 41.4 Å². The van der Waals surface area contributed by atoms with Crippen LogP contribution in [0.15, 0.2) is 17.6 Å². The van der Waals surface area contributed by atoms with Crippen LogP contribution in [0, 0.1) is 5.82 Å². The van der Waals surface area contributed by atoms with Crippen LogP contribution in [0.3, 0.4) is 0 Å². The van der Waals surface area contributed by atoms with Crippen LogP contribution in [0.2, 0.25) is 0 Å². The van der Waals surface area contributed by atoms with E-state index in [1.54, 1.807) is 20.2 Å². The predicted molar refractivity (Wildman–Crippen MR) is 111 cm³/mol. The zero-order chi connectivity index (χ0) is 21.3. The number of fused-ring (bicyclic) bond motifs is 1. The highest BCUT2D eigenvalue weighted by atomic mass is 32.1. The molecule has 3 aromatic heterocycles. The summed E-state index contributed by atoms with van der Waals surface area (Å²) in [7, 11) is 1.69. The van der Waals surface area contributed by atoms with Crippen molar-refractivity contribution in [1.82, 2.24) is 15.0 Å². The molecule has 0 radical (unpaired) electrons. The number of thiophene rings is 1. The number of ether oxygens (including phenoxy) is 1. The van der Waals surface area contributed by atoms with Gasteiger partial charge in [-0.3, -0.25) is 0 Å². The number of hydrogen-bond donors (Lipinski definition) is 2. The molecule has 160 valence electrons. The number of hydrogen-bond acceptors (Lipinski definition) is 8. The lowest BCUT2D eigenvalue weighted by atomic mass is 10.2. The van der Waals surface area contributed by atoms with E-state index in [2.05, 4.69) is 30.5 Å². The monoisotopic (exact) mass is 438 g/mol. The molecule has 3 aromatic rings. The first-order valence-electron chi connectivity index (χ1n) is 9.47. The van der Waals surface area contributed by atoms with Crippen molar-refractivity contribution >= 4 is 39.8 Å². The van der Waals surface area contributed by atoms with E-state index < -0.39 is 23.8 Å². The third kappa shape index (κ3) is 3.99. The molecule has 0 bridgehead atoms. The molecule has 1 aliphatic rings. The maximum atomic E-state index is 14.4. The number of morpholine rings is 1. The van der Waals surface area contributed by atoms with Gasteiger partial charge in [-0.05, 0) is 13.0 Å². The Morgan fingerprint density at radius 2 is 2.00 bits per heavy atom. The van der Waals surface area contributed by atoms with Gasteiger partial charge >= 0.3 is 0 Å². The fourth-order valence-electron chi connectivity index (χ4n) is 3.29. The fraction of sp³-hybridized carbons (Fsp3) is 0.421. The van der Waals surface area contributed by atoms with E-state index in [4.69, 9.17) is 4.74 Å². The van der Waals surface area contributed by atoms with E-state index in [1.807, 2.05) is 6.07 Å². The Hall–Kier alpha value is -2.66. The van der Waals surface area contributed by atoms with Gasteiger partial charge in [-0.2, -0.15) is 4.98 Å². The summed E-state index contributed by atoms with van der Waals surface area (Å²) < 4.78 is 45.7. The quantitative estimate of drug-likeness (QED) is 0.597. The van der Waals surface area contributed by atoms with Crippen molar-refractivity contribution < 1.29 is 17.9 Å². The maximum Gasteiger partial charge on any atom is 0.267 e. The molecule has 1 atom stereocenters. The number of halogens is 3. The van der Waals surface area contributed by atoms with Crippen LogP contribution >= 0.6 is 11.3 Å². The average Bonchev–Trinajstić information content (AvgIpc) is 3.15. The number of aromatic nitrogens is 3. The molecule has 11 heteroatoms. The van der Waals surface area contributed by atoms with E-state index in [-0.39, 0.29) is 4.88 Å². The molecule has 1 fully saturated rings. The largest absolute Gasteiger partial charge is 0.378 e. The molecular weight excluding hydrogens is 417 g/mol. The number of nitrogens with one attached hydrogen (secondary N) is 2. The van der Waals surface area contributed by atoms with E-state index in [0.29, 0.717) is 35.9 Å². The molecule has 0 spiro atoms. The number of pyridine rings is 1. The molecule has 0 aromatic carbocycles. The van der Waals surface area contributed by atoms with Gasteiger partial charge in [0.25, 0.3) is 6.43 Å². The summed E-state index contributed by atoms with van der Waals surface area (Å²) in [6.07, 6.45) is -1.18. The first-order valence-corrected chi connectivity index (χ1v) is 10.4. The minimum atomic E-state index is -2.85. The number of anilines is 3. The van der Waals surface area contributed by atoms with Crippen LogP contribution < -0.4 is 15.5 Å². The van der Waals surface area contributed by atoms with Crippen molar-refractivity contribution in [3.63, 3.8) is 0 Å². The standard InChI is InChI=1S/C19H21F3N6OS/c1-10(16-15(20)12(9-30-16)17(21)22)25-18-11-7-14(28-3-5-29-6-4-28)24-8-13(11)26-19(23-2)27-18/h7-10,17H,3-6H2,1-2H3,(H2,23,25,26,27)/t10-/m1/s1. The summed E-state index contributed by atoms with van der Waals surface area (Å²) in [5.74, 6) is 0.737. The summed E-state index contributed by atoms with van der Waals surface area (Å²) >= 11 is 0.962. The number of nitrogens with zero attached hydrogens (tertiary/aromatic N) is 4. The number of alkyl halides is 2. The highest BCUT2D eigenvalue weighted by Gasteiger charge is 2.23. The fourth-order valence-corrected chi connectivity index (χ4v) is 4.24. The zero-order valence-corrected chi connectivity index (χ0v) is 17.3. The molecule has 0 saturated carbocycles. The normalized spacial score (nSPS) is 15.6. The van der Waals surface area contributed by atoms with E-state index >= 15 is 0 Å². The van der Waals surface area contributed by atoms with Gasteiger partial charge in [0.1, 0.15) is 17.5 Å². The SMILES string of the molecule is CNc1nc(N[C@H](C)c2scc(C(F)F)c2F)c2cc(N3CCOCC3)ncc2n1. The summed E-state index contributed by atoms with van der Waals surface area (Å²) in [4.78, 5) is 15.7. The minimum Gasteiger partial charge on any atom is -0.378 e. The first kappa shape index (κ1) is 20.6. The van der Waals surface area contributed by atoms with Gasteiger partial charge in [-0.15, -0.1) is 11.3 Å². The lowest BCUT2D eigenvalue weighted by Gasteiger charge is -2.28. The predicted octanol–water partition coefficient (Wildman–Crippen LogP) is 4.21. The molecule has 0 amide bonds. The summed E-state index contributed by atoms with van der Waals surface area (Å²) in [6.45, 7) is 4.41. The van der Waals surface area contributed by atoms with E-state index in [9.17, 15) is 13.2 Å². The van der Waals surface area contributed by atoms with Crippen LogP contribution in [0.25, 0.3) is 10.9 Å². The molecule has 7 nitrogen and oxygen atoms in total. The second kappa shape index (κ2) is 8.60. The van der Waals surface area contributed by atoms with Crippen LogP contribution in [0.5, 0.6) is 0 Å². The molecule has 1 aliphatic heterocycles. The lowest BCUT2D eigenvalue weighted by molar-refractivity contribution is 0.122. The van der Waals surface area contributed by atoms with E-state index in [0.717, 1.165) is 35.6 Å². The van der Waals surface area contributed by atoms with Crippen molar-refractivity contribution in [2.45, 2.75) is 19.4 Å². The Morgan fingerprint density at radius 1 is 1.23 bits per heavy atom. The molecule has 4 rings (SSSR count). The van der Waals surface area contributed by atoms with Gasteiger partial charge in [0, 0.05) is 30.9 Å². The van der Waals surface area contributed by atoms with Gasteiger partial charge in [-0.25, -0.2) is 23.1 Å². The van der Waals surface area contributed by atoms with Crippen LogP contribution in [-0.2, 0) is 4.74 Å². The van der Waals surface area contributed by atoms with Gasteiger partial charge in [-0.1, -0.05) is 0 Å². The summed E-state index contributed by atoms with van der Waals surface area (Å²) in [5.41, 5.74) is 0.0342. The smallest absolute Gasteiger partial charge is 0.267 e. The Morgan fingerprint density at radius 3 is 2.67 bits per heavy atom. The molecule has 0 aliphatic carbocycles. The molecule has 4 heterocycles. The van der Waals surface area contributed by atoms with Crippen molar-refractivity contribution in [3.05, 3.63) is 33.9 Å². The Kier molecular flexibility index (Phi) is 5.91. The zero-order valence-electron chi connectivity index (χ0n) is 16.5. The number of rotatable bonds is 6. The Labute approximate surface area is 175 Å².